The normalized spacial score (nSPS) is 16.2. The number of rotatable bonds is 7. The number of halogens is 2. The van der Waals surface area contributed by atoms with Gasteiger partial charge in [-0.15, -0.1) is 11.8 Å². The minimum Gasteiger partial charge on any atom is -0.507 e. The van der Waals surface area contributed by atoms with Crippen LogP contribution in [-0.4, -0.2) is 71.1 Å². The topological polar surface area (TPSA) is 105 Å². The van der Waals surface area contributed by atoms with Crippen molar-refractivity contribution < 1.29 is 18.7 Å². The molecule has 1 fully saturated rings. The van der Waals surface area contributed by atoms with E-state index >= 15 is 4.39 Å². The molecule has 196 valence electrons. The number of phenolic OH excluding ortho intramolecular Hbond substituents is 1. The Kier molecular flexibility index (Phi) is 8.55. The summed E-state index contributed by atoms with van der Waals surface area (Å²) in [6.07, 6.45) is 2.50. The van der Waals surface area contributed by atoms with Crippen molar-refractivity contribution in [2.24, 2.45) is 4.99 Å². The lowest BCUT2D eigenvalue weighted by molar-refractivity contribution is -0.105. The number of aromatic hydroxyl groups is 1. The summed E-state index contributed by atoms with van der Waals surface area (Å²) < 4.78 is 30.2. The van der Waals surface area contributed by atoms with Gasteiger partial charge in [0.2, 0.25) is 6.41 Å². The molecule has 2 heterocycles. The molecule has 0 aliphatic carbocycles. The lowest BCUT2D eigenvalue weighted by Gasteiger charge is -2.41. The molecule has 3 aromatic rings. The second-order valence-electron chi connectivity index (χ2n) is 8.69. The molecular weight excluding hydrogens is 510 g/mol. The molecule has 0 saturated carbocycles. The highest BCUT2D eigenvalue weighted by atomic mass is 32.2. The maximum atomic E-state index is 15.6. The third kappa shape index (κ3) is 5.61. The van der Waals surface area contributed by atoms with E-state index in [2.05, 4.69) is 21.3 Å². The fraction of sp³-hybridized carbons (Fsp3) is 0.259. The average Bonchev–Trinajstić information content (AvgIpc) is 2.90. The Hall–Kier alpha value is -4.01. The number of phenols is 1. The van der Waals surface area contributed by atoms with E-state index in [1.807, 2.05) is 42.5 Å². The summed E-state index contributed by atoms with van der Waals surface area (Å²) in [5.74, 6) is -2.00. The largest absolute Gasteiger partial charge is 0.507 e. The van der Waals surface area contributed by atoms with Crippen LogP contribution in [0.4, 0.5) is 20.3 Å². The second kappa shape index (κ2) is 12.0. The monoisotopic (exact) mass is 536 g/mol. The van der Waals surface area contributed by atoms with Crippen molar-refractivity contribution in [3.63, 3.8) is 0 Å². The highest BCUT2D eigenvalue weighted by Gasteiger charge is 2.31. The van der Waals surface area contributed by atoms with Gasteiger partial charge < -0.3 is 20.2 Å². The van der Waals surface area contributed by atoms with Gasteiger partial charge in [-0.25, -0.2) is 18.8 Å². The van der Waals surface area contributed by atoms with Gasteiger partial charge >= 0.3 is 0 Å². The van der Waals surface area contributed by atoms with Crippen LogP contribution >= 0.6 is 11.8 Å². The van der Waals surface area contributed by atoms with E-state index in [-0.39, 0.29) is 23.8 Å². The summed E-state index contributed by atoms with van der Waals surface area (Å²) in [5, 5.41) is 22.2. The number of hydrogen-bond acceptors (Lipinski definition) is 7. The van der Waals surface area contributed by atoms with Gasteiger partial charge in [-0.3, -0.25) is 4.79 Å². The average molecular weight is 537 g/mol. The van der Waals surface area contributed by atoms with Crippen LogP contribution in [0, 0.1) is 23.0 Å². The summed E-state index contributed by atoms with van der Waals surface area (Å²) in [5.41, 5.74) is -0.0845. The quantitative estimate of drug-likeness (QED) is 0.196. The number of benzene rings is 2. The van der Waals surface area contributed by atoms with Gasteiger partial charge in [-0.05, 0) is 43.6 Å². The zero-order chi connectivity index (χ0) is 27.2. The smallest absolute Gasteiger partial charge is 0.212 e. The minimum atomic E-state index is -0.909. The first-order valence-corrected chi connectivity index (χ1v) is 13.0. The molecule has 0 radical (unpaired) electrons. The number of carbonyl (C=O) groups is 1. The molecule has 11 heteroatoms. The lowest BCUT2D eigenvalue weighted by Crippen LogP contribution is -2.54. The van der Waals surface area contributed by atoms with Crippen molar-refractivity contribution in [2.45, 2.75) is 17.4 Å². The van der Waals surface area contributed by atoms with Crippen LogP contribution in [-0.2, 0) is 4.79 Å². The van der Waals surface area contributed by atoms with E-state index in [4.69, 9.17) is 4.99 Å². The maximum absolute atomic E-state index is 15.6. The van der Waals surface area contributed by atoms with E-state index in [9.17, 15) is 19.6 Å². The summed E-state index contributed by atoms with van der Waals surface area (Å²) in [7, 11) is 1.96. The van der Waals surface area contributed by atoms with Crippen molar-refractivity contribution in [2.75, 3.05) is 38.3 Å². The van der Waals surface area contributed by atoms with Crippen LogP contribution in [0.15, 0.2) is 58.4 Å². The first kappa shape index (κ1) is 27.0. The van der Waals surface area contributed by atoms with Gasteiger partial charge in [0.05, 0.1) is 35.3 Å². The number of amides is 1. The summed E-state index contributed by atoms with van der Waals surface area (Å²) in [4.78, 5) is 25.6. The summed E-state index contributed by atoms with van der Waals surface area (Å²) in [6.45, 7) is 1.73. The number of nitrogens with zero attached hydrogens (tertiary/aromatic N) is 5. The van der Waals surface area contributed by atoms with Crippen molar-refractivity contribution in [1.29, 1.82) is 5.26 Å². The number of hydrogen-bond donors (Lipinski definition) is 2. The highest BCUT2D eigenvalue weighted by molar-refractivity contribution is 7.98. The molecule has 0 spiro atoms. The molecule has 0 bridgehead atoms. The molecule has 4 rings (SSSR count). The van der Waals surface area contributed by atoms with Gasteiger partial charge in [0, 0.05) is 24.5 Å². The summed E-state index contributed by atoms with van der Waals surface area (Å²) >= 11 is 1.49. The van der Waals surface area contributed by atoms with E-state index < -0.39 is 28.6 Å². The molecule has 2 aromatic carbocycles. The minimum absolute atomic E-state index is 0.0610. The SMILES string of the molecule is CSc1ccccc1/N=C(\c1cc(F)c(-c2c(O)cccc2F)nc1NC=O)N1CCN(C)CC1CC#N. The van der Waals surface area contributed by atoms with Gasteiger partial charge in [-0.2, -0.15) is 5.26 Å². The molecule has 1 aliphatic heterocycles. The number of aromatic nitrogens is 1. The molecular formula is C27H26F2N6O2S. The Morgan fingerprint density at radius 3 is 2.76 bits per heavy atom. The second-order valence-corrected chi connectivity index (χ2v) is 9.54. The standard InChI is InChI=1S/C27H26F2N6O2S/c1-34-12-13-35(17(15-34)10-11-30)27(32-21-7-3-4-9-23(21)38-2)18-14-20(29)25(33-26(18)31-16-36)24-19(28)6-5-8-22(24)37/h3-9,14,16-17,37H,10,12-13,15H2,1-2H3,(H,31,33,36)/b32-27+. The fourth-order valence-corrected chi connectivity index (χ4v) is 4.97. The molecule has 1 amide bonds. The first-order chi connectivity index (χ1) is 18.4. The Morgan fingerprint density at radius 1 is 1.26 bits per heavy atom. The molecule has 2 N–H and O–H groups in total. The lowest BCUT2D eigenvalue weighted by atomic mass is 10.0. The summed E-state index contributed by atoms with van der Waals surface area (Å²) in [6, 6.07) is 14.1. The number of likely N-dealkylation sites (N-methyl/N-ethyl adjacent to an activating group) is 1. The third-order valence-corrected chi connectivity index (χ3v) is 7.02. The van der Waals surface area contributed by atoms with Crippen LogP contribution < -0.4 is 5.32 Å². The van der Waals surface area contributed by atoms with E-state index in [1.165, 1.54) is 23.9 Å². The van der Waals surface area contributed by atoms with Crippen LogP contribution in [0.2, 0.25) is 0 Å². The van der Waals surface area contributed by atoms with E-state index in [1.54, 1.807) is 0 Å². The Morgan fingerprint density at radius 2 is 2.05 bits per heavy atom. The van der Waals surface area contributed by atoms with Crippen molar-refractivity contribution >= 4 is 35.5 Å². The number of piperazine rings is 1. The van der Waals surface area contributed by atoms with Gasteiger partial charge in [0.1, 0.15) is 28.9 Å². The van der Waals surface area contributed by atoms with Gasteiger partial charge in [0.15, 0.2) is 5.82 Å². The maximum Gasteiger partial charge on any atom is 0.212 e. The molecule has 8 nitrogen and oxygen atoms in total. The first-order valence-electron chi connectivity index (χ1n) is 11.8. The van der Waals surface area contributed by atoms with Gasteiger partial charge in [0.25, 0.3) is 0 Å². The number of carbonyl (C=O) groups excluding carboxylic acids is 1. The number of para-hydroxylation sites is 1. The van der Waals surface area contributed by atoms with Crippen LogP contribution in [0.5, 0.6) is 5.75 Å². The number of aliphatic imine (C=N–C) groups is 1. The fourth-order valence-electron chi connectivity index (χ4n) is 4.43. The van der Waals surface area contributed by atoms with Crippen molar-refractivity contribution in [3.05, 3.63) is 65.7 Å². The van der Waals surface area contributed by atoms with Crippen LogP contribution in [0.3, 0.4) is 0 Å². The highest BCUT2D eigenvalue weighted by Crippen LogP contribution is 2.36. The molecule has 1 aromatic heterocycles. The predicted molar refractivity (Wildman–Crippen MR) is 144 cm³/mol. The Bertz CT molecular complexity index is 1390. The van der Waals surface area contributed by atoms with Crippen molar-refractivity contribution in [3.8, 4) is 23.1 Å². The molecule has 38 heavy (non-hydrogen) atoms. The predicted octanol–water partition coefficient (Wildman–Crippen LogP) is 4.63. The van der Waals surface area contributed by atoms with Crippen LogP contribution in [0.25, 0.3) is 11.3 Å². The number of nitriles is 1. The zero-order valence-electron chi connectivity index (χ0n) is 20.9. The van der Waals surface area contributed by atoms with Crippen molar-refractivity contribution in [1.82, 2.24) is 14.8 Å². The van der Waals surface area contributed by atoms with E-state index in [0.29, 0.717) is 37.6 Å². The third-order valence-electron chi connectivity index (χ3n) is 6.24. The molecule has 1 unspecified atom stereocenters. The zero-order valence-corrected chi connectivity index (χ0v) is 21.7. The number of anilines is 1. The number of amidine groups is 1. The number of nitrogens with one attached hydrogen (secondary N) is 1. The Balaban J connectivity index is 1.97. The Labute approximate surface area is 223 Å². The van der Waals surface area contributed by atoms with Crippen LogP contribution in [0.1, 0.15) is 12.0 Å². The number of thioether (sulfide) groups is 1. The number of pyridine rings is 1. The van der Waals surface area contributed by atoms with E-state index in [0.717, 1.165) is 17.0 Å². The molecule has 1 saturated heterocycles. The van der Waals surface area contributed by atoms with Gasteiger partial charge in [-0.1, -0.05) is 18.2 Å². The molecule has 1 atom stereocenters. The molecule has 1 aliphatic rings.